The van der Waals surface area contributed by atoms with E-state index in [1.54, 1.807) is 31.4 Å². The number of nitrogens with one attached hydrogen (secondary N) is 1. The Morgan fingerprint density at radius 2 is 1.69 bits per heavy atom. The van der Waals surface area contributed by atoms with Crippen LogP contribution in [0.3, 0.4) is 0 Å². The Balaban J connectivity index is 1.52. The second kappa shape index (κ2) is 11.2. The van der Waals surface area contributed by atoms with Crippen LogP contribution in [0.2, 0.25) is 0 Å². The van der Waals surface area contributed by atoms with Gasteiger partial charge in [0.05, 0.1) is 19.7 Å². The summed E-state index contributed by atoms with van der Waals surface area (Å²) >= 11 is 1.49. The lowest BCUT2D eigenvalue weighted by Gasteiger charge is -2.14. The summed E-state index contributed by atoms with van der Waals surface area (Å²) in [6, 6.07) is 24.3. The molecule has 4 rings (SSSR count). The summed E-state index contributed by atoms with van der Waals surface area (Å²) in [5.74, 6) is 0.181. The number of rotatable bonds is 7. The Kier molecular flexibility index (Phi) is 7.80. The molecular weight excluding hydrogens is 470 g/mol. The number of carbonyl (C=O) groups excluding carboxylic acids is 2. The van der Waals surface area contributed by atoms with Crippen molar-refractivity contribution < 1.29 is 14.3 Å². The molecule has 2 amide bonds. The summed E-state index contributed by atoms with van der Waals surface area (Å²) in [7, 11) is 1.57. The Labute approximate surface area is 214 Å². The lowest BCUT2D eigenvalue weighted by molar-refractivity contribution is 0.0938. The summed E-state index contributed by atoms with van der Waals surface area (Å²) in [6.45, 7) is 6.56. The molecule has 0 aliphatic heterocycles. The summed E-state index contributed by atoms with van der Waals surface area (Å²) in [5, 5.41) is 3.04. The van der Waals surface area contributed by atoms with Crippen molar-refractivity contribution in [2.75, 3.05) is 7.11 Å². The highest BCUT2D eigenvalue weighted by atomic mass is 32.1. The van der Waals surface area contributed by atoms with Crippen LogP contribution in [0.5, 0.6) is 5.75 Å². The van der Waals surface area contributed by atoms with Crippen molar-refractivity contribution in [1.29, 1.82) is 0 Å². The molecule has 0 saturated heterocycles. The van der Waals surface area contributed by atoms with Crippen LogP contribution in [0.25, 0.3) is 0 Å². The van der Waals surface area contributed by atoms with Crippen molar-refractivity contribution in [2.24, 2.45) is 4.99 Å². The summed E-state index contributed by atoms with van der Waals surface area (Å²) < 4.78 is 7.26. The van der Waals surface area contributed by atoms with Gasteiger partial charge in [-0.25, -0.2) is 0 Å². The van der Waals surface area contributed by atoms with Gasteiger partial charge in [-0.1, -0.05) is 48.5 Å². The fraction of sp³-hybridized carbons (Fsp3) is 0.207. The molecule has 36 heavy (non-hydrogen) atoms. The standard InChI is InChI=1S/C29H29N3O3S/c1-19(23-9-6-5-7-10-23)30-27(33)24-15-13-22(14-16-24)18-32-20(2)21(3)36-29(32)31-28(34)25-11-8-12-26(17-25)35-4/h5-17,19H,18H2,1-4H3,(H,30,33)/t19-/m1/s1. The number of hydrogen-bond acceptors (Lipinski definition) is 4. The van der Waals surface area contributed by atoms with Crippen LogP contribution < -0.4 is 14.9 Å². The van der Waals surface area contributed by atoms with Gasteiger partial charge in [-0.15, -0.1) is 11.3 Å². The normalized spacial score (nSPS) is 12.3. The molecule has 1 aromatic heterocycles. The fourth-order valence-electron chi connectivity index (χ4n) is 3.83. The molecule has 0 bridgehead atoms. The molecule has 184 valence electrons. The Morgan fingerprint density at radius 3 is 2.39 bits per heavy atom. The minimum Gasteiger partial charge on any atom is -0.497 e. The van der Waals surface area contributed by atoms with Gasteiger partial charge < -0.3 is 14.6 Å². The van der Waals surface area contributed by atoms with E-state index in [9.17, 15) is 9.59 Å². The van der Waals surface area contributed by atoms with Gasteiger partial charge in [-0.2, -0.15) is 4.99 Å². The van der Waals surface area contributed by atoms with E-state index in [1.807, 2.05) is 79.9 Å². The predicted octanol–water partition coefficient (Wildman–Crippen LogP) is 5.46. The van der Waals surface area contributed by atoms with Crippen LogP contribution in [-0.2, 0) is 6.54 Å². The maximum Gasteiger partial charge on any atom is 0.279 e. The first-order chi connectivity index (χ1) is 17.4. The third-order valence-electron chi connectivity index (χ3n) is 6.11. The SMILES string of the molecule is COc1cccc(C(=O)N=c2sc(C)c(C)n2Cc2ccc(C(=O)N[C@H](C)c3ccccc3)cc2)c1. The van der Waals surface area contributed by atoms with Crippen molar-refractivity contribution in [1.82, 2.24) is 9.88 Å². The van der Waals surface area contributed by atoms with E-state index in [1.165, 1.54) is 11.3 Å². The first kappa shape index (κ1) is 25.1. The van der Waals surface area contributed by atoms with Gasteiger partial charge in [-0.3, -0.25) is 9.59 Å². The van der Waals surface area contributed by atoms with Gasteiger partial charge in [0.1, 0.15) is 5.75 Å². The van der Waals surface area contributed by atoms with Crippen LogP contribution in [0.1, 0.15) is 55.4 Å². The number of benzene rings is 3. The topological polar surface area (TPSA) is 72.7 Å². The number of hydrogen-bond donors (Lipinski definition) is 1. The number of aryl methyl sites for hydroxylation is 1. The maximum atomic E-state index is 12.8. The highest BCUT2D eigenvalue weighted by Gasteiger charge is 2.13. The Hall–Kier alpha value is -3.97. The third-order valence-corrected chi connectivity index (χ3v) is 7.20. The van der Waals surface area contributed by atoms with Crippen LogP contribution >= 0.6 is 11.3 Å². The number of aromatic nitrogens is 1. The number of ether oxygens (including phenoxy) is 1. The molecule has 6 nitrogen and oxygen atoms in total. The fourth-order valence-corrected chi connectivity index (χ4v) is 4.80. The van der Waals surface area contributed by atoms with Gasteiger partial charge in [-0.05, 0) is 62.2 Å². The molecule has 7 heteroatoms. The van der Waals surface area contributed by atoms with Gasteiger partial charge >= 0.3 is 0 Å². The van der Waals surface area contributed by atoms with Gasteiger partial charge in [0.15, 0.2) is 4.80 Å². The summed E-state index contributed by atoms with van der Waals surface area (Å²) in [4.78, 5) is 31.7. The minimum atomic E-state index is -0.316. The lowest BCUT2D eigenvalue weighted by Crippen LogP contribution is -2.26. The zero-order valence-electron chi connectivity index (χ0n) is 20.8. The van der Waals surface area contributed by atoms with Gasteiger partial charge in [0, 0.05) is 21.7 Å². The Bertz CT molecular complexity index is 1440. The molecule has 1 N–H and O–H groups in total. The van der Waals surface area contributed by atoms with E-state index in [2.05, 4.69) is 10.3 Å². The van der Waals surface area contributed by atoms with Crippen LogP contribution in [0, 0.1) is 13.8 Å². The molecule has 0 fully saturated rings. The van der Waals surface area contributed by atoms with Gasteiger partial charge in [0.25, 0.3) is 11.8 Å². The predicted molar refractivity (Wildman–Crippen MR) is 143 cm³/mol. The molecule has 0 aliphatic rings. The average molecular weight is 500 g/mol. The van der Waals surface area contributed by atoms with Crippen molar-refractivity contribution >= 4 is 23.2 Å². The quantitative estimate of drug-likeness (QED) is 0.367. The Morgan fingerprint density at radius 1 is 0.972 bits per heavy atom. The van der Waals surface area contributed by atoms with Crippen molar-refractivity contribution in [3.63, 3.8) is 0 Å². The highest BCUT2D eigenvalue weighted by molar-refractivity contribution is 7.09. The second-order valence-electron chi connectivity index (χ2n) is 8.56. The van der Waals surface area contributed by atoms with Crippen molar-refractivity contribution in [3.8, 4) is 5.75 Å². The molecular formula is C29H29N3O3S. The molecule has 1 heterocycles. The number of carbonyl (C=O) groups is 2. The molecule has 0 radical (unpaired) electrons. The average Bonchev–Trinajstić information content (AvgIpc) is 3.16. The van der Waals surface area contributed by atoms with Gasteiger partial charge in [0.2, 0.25) is 0 Å². The van der Waals surface area contributed by atoms with Crippen LogP contribution in [0.4, 0.5) is 0 Å². The van der Waals surface area contributed by atoms with Crippen molar-refractivity contribution in [3.05, 3.63) is 116 Å². The molecule has 0 aliphatic carbocycles. The molecule has 0 unspecified atom stereocenters. The third kappa shape index (κ3) is 5.80. The smallest absolute Gasteiger partial charge is 0.279 e. The van der Waals surface area contributed by atoms with Crippen molar-refractivity contribution in [2.45, 2.75) is 33.4 Å². The lowest BCUT2D eigenvalue weighted by atomic mass is 10.1. The molecule has 0 spiro atoms. The molecule has 3 aromatic carbocycles. The van der Waals surface area contributed by atoms with Crippen LogP contribution in [0.15, 0.2) is 83.9 Å². The second-order valence-corrected chi connectivity index (χ2v) is 9.75. The van der Waals surface area contributed by atoms with Crippen LogP contribution in [-0.4, -0.2) is 23.5 Å². The number of nitrogens with zero attached hydrogens (tertiary/aromatic N) is 2. The minimum absolute atomic E-state index is 0.0864. The largest absolute Gasteiger partial charge is 0.497 e. The number of thiazole rings is 1. The molecule has 1 atom stereocenters. The summed E-state index contributed by atoms with van der Waals surface area (Å²) in [5.41, 5.74) is 4.20. The van der Waals surface area contributed by atoms with E-state index >= 15 is 0 Å². The highest BCUT2D eigenvalue weighted by Crippen LogP contribution is 2.17. The zero-order valence-corrected chi connectivity index (χ0v) is 21.6. The van der Waals surface area contributed by atoms with E-state index < -0.39 is 0 Å². The van der Waals surface area contributed by atoms with E-state index in [0.29, 0.717) is 28.2 Å². The van der Waals surface area contributed by atoms with E-state index in [4.69, 9.17) is 4.74 Å². The van der Waals surface area contributed by atoms with E-state index in [0.717, 1.165) is 21.7 Å². The summed E-state index contributed by atoms with van der Waals surface area (Å²) in [6.07, 6.45) is 0. The monoisotopic (exact) mass is 499 g/mol. The maximum absolute atomic E-state index is 12.8. The number of methoxy groups -OCH3 is 1. The number of amides is 2. The molecule has 4 aromatic rings. The van der Waals surface area contributed by atoms with E-state index in [-0.39, 0.29) is 17.9 Å². The molecule has 0 saturated carbocycles. The first-order valence-electron chi connectivity index (χ1n) is 11.7. The first-order valence-corrected chi connectivity index (χ1v) is 12.5. The zero-order chi connectivity index (χ0) is 25.7.